The molecule has 3 amide bonds. The number of aromatic amines is 1. The lowest BCUT2D eigenvalue weighted by atomic mass is 10.1. The summed E-state index contributed by atoms with van der Waals surface area (Å²) in [5.41, 5.74) is -4.01. The molecule has 0 radical (unpaired) electrons. The molecule has 0 aliphatic carbocycles. The van der Waals surface area contributed by atoms with Crippen LogP contribution in [-0.2, 0) is 26.4 Å². The molecule has 2 aliphatic rings. The van der Waals surface area contributed by atoms with E-state index >= 15 is 0 Å². The maximum Gasteiger partial charge on any atom is 0.399 e. The Kier molecular flexibility index (Phi) is 7.53. The average molecular weight is 633 g/mol. The third kappa shape index (κ3) is 5.42. The highest BCUT2D eigenvalue weighted by Crippen LogP contribution is 2.59. The predicted molar refractivity (Wildman–Crippen MR) is 152 cm³/mol. The Labute approximate surface area is 247 Å². The van der Waals surface area contributed by atoms with Gasteiger partial charge in [0, 0.05) is 27.9 Å². The number of hydrogen-bond acceptors (Lipinski definition) is 7. The number of H-pyrrole nitrogens is 1. The van der Waals surface area contributed by atoms with Crippen LogP contribution in [0.15, 0.2) is 42.6 Å². The highest BCUT2D eigenvalue weighted by atomic mass is 32.1. The van der Waals surface area contributed by atoms with Crippen molar-refractivity contribution in [2.24, 2.45) is 0 Å². The summed E-state index contributed by atoms with van der Waals surface area (Å²) >= 11 is 1.01. The molecule has 226 valence electrons. The summed E-state index contributed by atoms with van der Waals surface area (Å²) in [5.74, 6) is -1.24. The standard InChI is InChI=1S/C27H27F2N6O6PS/c28-27(29,42(39,40)41)15-6-9-21-14(11-15)12-22(43-21)25(37)32-18-5-1-3-16-7-8-20(35(16)26(18)38)24(36)31-13-19-17-4-2-10-30-23(17)34-33-19/h2,4,6,9-12,16,18,20H,1,3,5,7-8,13H2,(H,31,36)(H,32,37)(H,30,33,34)(H2,39,40,41)/t16-,18-,20-/m0/s1. The topological polar surface area (TPSA) is 178 Å². The Morgan fingerprint density at radius 2 is 1.98 bits per heavy atom. The monoisotopic (exact) mass is 632 g/mol. The summed E-state index contributed by atoms with van der Waals surface area (Å²) in [7, 11) is -5.75. The Bertz CT molecular complexity index is 1790. The van der Waals surface area contributed by atoms with E-state index in [2.05, 4.69) is 25.8 Å². The number of pyridine rings is 1. The van der Waals surface area contributed by atoms with Gasteiger partial charge in [-0.2, -0.15) is 13.9 Å². The van der Waals surface area contributed by atoms with E-state index in [1.165, 1.54) is 12.1 Å². The number of nitrogens with one attached hydrogen (secondary N) is 3. The van der Waals surface area contributed by atoms with Gasteiger partial charge in [0.2, 0.25) is 11.8 Å². The molecule has 2 aliphatic heterocycles. The number of amides is 3. The van der Waals surface area contributed by atoms with Crippen molar-refractivity contribution >= 4 is 57.8 Å². The number of carbonyl (C=O) groups is 3. The Hall–Kier alpha value is -3.78. The summed E-state index contributed by atoms with van der Waals surface area (Å²) in [6.07, 6.45) is 4.51. The van der Waals surface area contributed by atoms with Gasteiger partial charge < -0.3 is 25.3 Å². The first-order valence-electron chi connectivity index (χ1n) is 13.6. The number of fused-ring (bicyclic) bond motifs is 3. The molecule has 1 aromatic carbocycles. The molecule has 3 aromatic heterocycles. The Morgan fingerprint density at radius 3 is 2.77 bits per heavy atom. The smallest absolute Gasteiger partial charge is 0.349 e. The molecule has 5 N–H and O–H groups in total. The van der Waals surface area contributed by atoms with Crippen molar-refractivity contribution in [2.45, 2.75) is 62.4 Å². The van der Waals surface area contributed by atoms with Crippen LogP contribution in [0.25, 0.3) is 21.1 Å². The van der Waals surface area contributed by atoms with Crippen molar-refractivity contribution in [1.82, 2.24) is 30.7 Å². The molecule has 2 fully saturated rings. The van der Waals surface area contributed by atoms with Crippen LogP contribution in [0.5, 0.6) is 0 Å². The minimum Gasteiger partial charge on any atom is -0.349 e. The van der Waals surface area contributed by atoms with Crippen LogP contribution in [0.4, 0.5) is 8.78 Å². The number of halogens is 2. The summed E-state index contributed by atoms with van der Waals surface area (Å²) in [6, 6.07) is 6.40. The second-order valence-electron chi connectivity index (χ2n) is 10.7. The quantitative estimate of drug-likeness (QED) is 0.193. The van der Waals surface area contributed by atoms with Crippen molar-refractivity contribution in [3.8, 4) is 0 Å². The van der Waals surface area contributed by atoms with Crippen LogP contribution < -0.4 is 10.6 Å². The predicted octanol–water partition coefficient (Wildman–Crippen LogP) is 3.36. The van der Waals surface area contributed by atoms with Crippen LogP contribution in [0, 0.1) is 0 Å². The van der Waals surface area contributed by atoms with Crippen LogP contribution in [0.3, 0.4) is 0 Å². The van der Waals surface area contributed by atoms with Gasteiger partial charge in [-0.05, 0) is 67.8 Å². The molecule has 0 saturated carbocycles. The van der Waals surface area contributed by atoms with Gasteiger partial charge in [-0.1, -0.05) is 6.07 Å². The number of rotatable bonds is 7. The molecule has 16 heteroatoms. The molecule has 0 bridgehead atoms. The summed E-state index contributed by atoms with van der Waals surface area (Å²) in [6.45, 7) is 0.179. The fourth-order valence-electron chi connectivity index (χ4n) is 5.82. The third-order valence-corrected chi connectivity index (χ3v) is 10.1. The van der Waals surface area contributed by atoms with Crippen molar-refractivity contribution in [1.29, 1.82) is 0 Å². The van der Waals surface area contributed by atoms with Crippen molar-refractivity contribution in [3.63, 3.8) is 0 Å². The largest absolute Gasteiger partial charge is 0.399 e. The first kappa shape index (κ1) is 29.3. The Morgan fingerprint density at radius 1 is 1.16 bits per heavy atom. The minimum atomic E-state index is -5.75. The van der Waals surface area contributed by atoms with Gasteiger partial charge in [0.05, 0.1) is 17.1 Å². The molecular weight excluding hydrogens is 605 g/mol. The van der Waals surface area contributed by atoms with E-state index in [0.29, 0.717) is 48.1 Å². The molecule has 12 nitrogen and oxygen atoms in total. The Balaban J connectivity index is 1.15. The number of hydrogen-bond donors (Lipinski definition) is 5. The molecular formula is C27H27F2N6O6PS. The van der Waals surface area contributed by atoms with E-state index in [1.807, 2.05) is 6.07 Å². The van der Waals surface area contributed by atoms with Gasteiger partial charge in [-0.3, -0.25) is 24.0 Å². The second kappa shape index (κ2) is 11.1. The van der Waals surface area contributed by atoms with Crippen LogP contribution in [0.1, 0.15) is 53.0 Å². The number of benzene rings is 1. The molecule has 0 unspecified atom stereocenters. The van der Waals surface area contributed by atoms with Gasteiger partial charge >= 0.3 is 13.3 Å². The normalized spacial score (nSPS) is 21.2. The lowest BCUT2D eigenvalue weighted by molar-refractivity contribution is -0.141. The van der Waals surface area contributed by atoms with Crippen LogP contribution >= 0.6 is 18.9 Å². The van der Waals surface area contributed by atoms with E-state index in [4.69, 9.17) is 9.79 Å². The molecule has 6 rings (SSSR count). The molecule has 2 saturated heterocycles. The number of nitrogens with zero attached hydrogens (tertiary/aromatic N) is 3. The molecule has 5 heterocycles. The second-order valence-corrected chi connectivity index (χ2v) is 13.4. The highest BCUT2D eigenvalue weighted by molar-refractivity contribution is 7.52. The van der Waals surface area contributed by atoms with Gasteiger partial charge in [0.25, 0.3) is 5.91 Å². The minimum absolute atomic E-state index is 0.124. The zero-order chi connectivity index (χ0) is 30.5. The van der Waals surface area contributed by atoms with Crippen LogP contribution in [-0.4, -0.2) is 65.7 Å². The first-order valence-corrected chi connectivity index (χ1v) is 16.0. The number of thiophene rings is 1. The fourth-order valence-corrected chi connectivity index (χ4v) is 7.24. The zero-order valence-electron chi connectivity index (χ0n) is 22.5. The van der Waals surface area contributed by atoms with E-state index in [9.17, 15) is 27.7 Å². The lowest BCUT2D eigenvalue weighted by Crippen LogP contribution is -2.54. The summed E-state index contributed by atoms with van der Waals surface area (Å²) in [4.78, 5) is 64.2. The molecule has 43 heavy (non-hydrogen) atoms. The van der Waals surface area contributed by atoms with E-state index in [1.54, 1.807) is 17.2 Å². The van der Waals surface area contributed by atoms with E-state index in [0.717, 1.165) is 28.9 Å². The SMILES string of the molecule is O=C(N[C@H]1CCC[C@H]2CC[C@@H](C(=O)NCc3[nH]nc4ncccc34)N2C1=O)c1cc2cc(C(F)(F)P(=O)(O)O)ccc2s1. The van der Waals surface area contributed by atoms with Crippen molar-refractivity contribution < 1.29 is 37.5 Å². The molecule has 4 aromatic rings. The van der Waals surface area contributed by atoms with E-state index in [-0.39, 0.29) is 34.7 Å². The van der Waals surface area contributed by atoms with Gasteiger partial charge in [0.15, 0.2) is 5.65 Å². The fraction of sp³-hybridized carbons (Fsp3) is 0.370. The number of aromatic nitrogens is 3. The maximum atomic E-state index is 14.2. The van der Waals surface area contributed by atoms with Gasteiger partial charge in [-0.25, -0.2) is 4.98 Å². The van der Waals surface area contributed by atoms with Crippen molar-refractivity contribution in [2.75, 3.05) is 0 Å². The summed E-state index contributed by atoms with van der Waals surface area (Å²) < 4.78 is 40.2. The maximum absolute atomic E-state index is 14.2. The van der Waals surface area contributed by atoms with E-state index < -0.39 is 36.8 Å². The molecule has 3 atom stereocenters. The highest BCUT2D eigenvalue weighted by Gasteiger charge is 2.50. The average Bonchev–Trinajstić information content (AvgIpc) is 3.68. The lowest BCUT2D eigenvalue weighted by Gasteiger charge is -2.30. The van der Waals surface area contributed by atoms with Gasteiger partial charge in [-0.15, -0.1) is 11.3 Å². The zero-order valence-corrected chi connectivity index (χ0v) is 24.2. The third-order valence-electron chi connectivity index (χ3n) is 7.99. The van der Waals surface area contributed by atoms with Crippen molar-refractivity contribution in [3.05, 3.63) is 58.7 Å². The first-order chi connectivity index (χ1) is 20.4. The van der Waals surface area contributed by atoms with Gasteiger partial charge in [0.1, 0.15) is 12.1 Å². The number of alkyl halides is 2. The molecule has 0 spiro atoms. The summed E-state index contributed by atoms with van der Waals surface area (Å²) in [5, 5.41) is 13.7. The van der Waals surface area contributed by atoms with Crippen LogP contribution in [0.2, 0.25) is 0 Å². The number of carbonyl (C=O) groups excluding carboxylic acids is 3.